The number of carbonyl (C=O) groups excluding carboxylic acids is 1. The summed E-state index contributed by atoms with van der Waals surface area (Å²) in [5, 5.41) is 0. The normalized spacial score (nSPS) is 32.3. The molecule has 0 bridgehead atoms. The van der Waals surface area contributed by atoms with Crippen molar-refractivity contribution in [1.29, 1.82) is 0 Å². The van der Waals surface area contributed by atoms with Crippen LogP contribution in [0.1, 0.15) is 25.7 Å². The number of hydrogen-bond acceptors (Lipinski definition) is 2. The highest BCUT2D eigenvalue weighted by molar-refractivity contribution is 5.53. The van der Waals surface area contributed by atoms with E-state index in [1.165, 1.54) is 12.8 Å². The molecule has 0 atom stereocenters. The lowest BCUT2D eigenvalue weighted by molar-refractivity contribution is -0.112. The minimum atomic E-state index is 0.353. The van der Waals surface area contributed by atoms with Crippen molar-refractivity contribution < 1.29 is 4.79 Å². The molecule has 1 rings (SSSR count). The Bertz CT molecular complexity index is 126. The Labute approximate surface area is 68.6 Å². The number of rotatable bonds is 2. The summed E-state index contributed by atoms with van der Waals surface area (Å²) < 4.78 is 0. The number of aldehydes is 1. The van der Waals surface area contributed by atoms with Crippen molar-refractivity contribution in [2.45, 2.75) is 31.7 Å². The molecule has 2 heteroatoms. The van der Waals surface area contributed by atoms with Crippen molar-refractivity contribution in [3.63, 3.8) is 0 Å². The van der Waals surface area contributed by atoms with Crippen LogP contribution in [0.3, 0.4) is 0 Å². The molecule has 0 heterocycles. The van der Waals surface area contributed by atoms with Crippen LogP contribution in [0.5, 0.6) is 0 Å². The predicted molar refractivity (Wildman–Crippen MR) is 45.5 cm³/mol. The fourth-order valence-electron chi connectivity index (χ4n) is 1.75. The summed E-state index contributed by atoms with van der Waals surface area (Å²) in [5.74, 6) is 0.353. The predicted octanol–water partition coefficient (Wildman–Crippen LogP) is 1.31. The molecule has 2 nitrogen and oxygen atoms in total. The third kappa shape index (κ3) is 2.29. The fourth-order valence-corrected chi connectivity index (χ4v) is 1.75. The van der Waals surface area contributed by atoms with Crippen LogP contribution < -0.4 is 0 Å². The SMILES string of the molecule is CN(C)C1CCC(C=O)CC1. The molecular formula is C9H17NO. The van der Waals surface area contributed by atoms with Crippen LogP contribution in [0.25, 0.3) is 0 Å². The molecule has 0 saturated heterocycles. The van der Waals surface area contributed by atoms with Crippen LogP contribution in [0.4, 0.5) is 0 Å². The van der Waals surface area contributed by atoms with Crippen molar-refractivity contribution in [2.75, 3.05) is 14.1 Å². The van der Waals surface area contributed by atoms with Crippen molar-refractivity contribution >= 4 is 6.29 Å². The van der Waals surface area contributed by atoms with Gasteiger partial charge in [0.25, 0.3) is 0 Å². The second-order valence-corrected chi connectivity index (χ2v) is 3.67. The Balaban J connectivity index is 2.29. The van der Waals surface area contributed by atoms with Gasteiger partial charge in [0, 0.05) is 12.0 Å². The smallest absolute Gasteiger partial charge is 0.123 e. The molecule has 0 radical (unpaired) electrons. The first-order valence-corrected chi connectivity index (χ1v) is 4.35. The minimum Gasteiger partial charge on any atom is -0.306 e. The van der Waals surface area contributed by atoms with E-state index in [1.54, 1.807) is 0 Å². The Morgan fingerprint density at radius 1 is 1.18 bits per heavy atom. The zero-order chi connectivity index (χ0) is 8.27. The highest BCUT2D eigenvalue weighted by Crippen LogP contribution is 2.24. The van der Waals surface area contributed by atoms with Crippen molar-refractivity contribution in [1.82, 2.24) is 4.90 Å². The fraction of sp³-hybridized carbons (Fsp3) is 0.889. The molecule has 11 heavy (non-hydrogen) atoms. The third-order valence-electron chi connectivity index (χ3n) is 2.66. The van der Waals surface area contributed by atoms with E-state index in [0.29, 0.717) is 12.0 Å². The van der Waals surface area contributed by atoms with Crippen molar-refractivity contribution in [3.8, 4) is 0 Å². The number of carbonyl (C=O) groups is 1. The molecule has 0 amide bonds. The van der Waals surface area contributed by atoms with E-state index in [1.807, 2.05) is 0 Å². The van der Waals surface area contributed by atoms with E-state index in [-0.39, 0.29) is 0 Å². The summed E-state index contributed by atoms with van der Waals surface area (Å²) in [6.07, 6.45) is 5.68. The third-order valence-corrected chi connectivity index (χ3v) is 2.66. The van der Waals surface area contributed by atoms with Gasteiger partial charge in [0.1, 0.15) is 6.29 Å². The van der Waals surface area contributed by atoms with Gasteiger partial charge in [0.2, 0.25) is 0 Å². The summed E-state index contributed by atoms with van der Waals surface area (Å²) in [5.41, 5.74) is 0. The lowest BCUT2D eigenvalue weighted by Crippen LogP contribution is -2.32. The summed E-state index contributed by atoms with van der Waals surface area (Å²) in [4.78, 5) is 12.7. The Hall–Kier alpha value is -0.370. The molecule has 64 valence electrons. The first-order chi connectivity index (χ1) is 5.24. The van der Waals surface area contributed by atoms with E-state index < -0.39 is 0 Å². The van der Waals surface area contributed by atoms with E-state index in [9.17, 15) is 4.79 Å². The van der Waals surface area contributed by atoms with Gasteiger partial charge in [-0.3, -0.25) is 0 Å². The average Bonchev–Trinajstić information content (AvgIpc) is 2.05. The molecule has 1 fully saturated rings. The van der Waals surface area contributed by atoms with Crippen molar-refractivity contribution in [2.24, 2.45) is 5.92 Å². The second-order valence-electron chi connectivity index (χ2n) is 3.67. The summed E-state index contributed by atoms with van der Waals surface area (Å²) in [6, 6.07) is 0.714. The highest BCUT2D eigenvalue weighted by Gasteiger charge is 2.21. The van der Waals surface area contributed by atoms with Gasteiger partial charge in [-0.2, -0.15) is 0 Å². The summed E-state index contributed by atoms with van der Waals surface area (Å²) in [6.45, 7) is 0. The topological polar surface area (TPSA) is 20.3 Å². The molecule has 1 saturated carbocycles. The first kappa shape index (κ1) is 8.72. The highest BCUT2D eigenvalue weighted by atomic mass is 16.1. The largest absolute Gasteiger partial charge is 0.306 e. The molecule has 0 N–H and O–H groups in total. The van der Waals surface area contributed by atoms with E-state index in [2.05, 4.69) is 19.0 Å². The molecule has 0 aromatic heterocycles. The molecular weight excluding hydrogens is 138 g/mol. The van der Waals surface area contributed by atoms with Gasteiger partial charge in [-0.05, 0) is 39.8 Å². The molecule has 0 aliphatic heterocycles. The second kappa shape index (κ2) is 3.86. The average molecular weight is 155 g/mol. The Morgan fingerprint density at radius 3 is 2.09 bits per heavy atom. The minimum absolute atomic E-state index is 0.353. The zero-order valence-electron chi connectivity index (χ0n) is 7.42. The van der Waals surface area contributed by atoms with Gasteiger partial charge in [0.05, 0.1) is 0 Å². The molecule has 0 unspecified atom stereocenters. The molecule has 1 aliphatic carbocycles. The number of hydrogen-bond donors (Lipinski definition) is 0. The van der Waals surface area contributed by atoms with Crippen LogP contribution >= 0.6 is 0 Å². The van der Waals surface area contributed by atoms with Crippen LogP contribution in [-0.4, -0.2) is 31.3 Å². The van der Waals surface area contributed by atoms with Crippen LogP contribution in [-0.2, 0) is 4.79 Å². The van der Waals surface area contributed by atoms with E-state index in [0.717, 1.165) is 19.1 Å². The van der Waals surface area contributed by atoms with Gasteiger partial charge >= 0.3 is 0 Å². The summed E-state index contributed by atoms with van der Waals surface area (Å²) in [7, 11) is 4.23. The monoisotopic (exact) mass is 155 g/mol. The Kier molecular flexibility index (Phi) is 3.06. The van der Waals surface area contributed by atoms with Crippen molar-refractivity contribution in [3.05, 3.63) is 0 Å². The standard InChI is InChI=1S/C9H17NO/c1-10(2)9-5-3-8(7-11)4-6-9/h7-9H,3-6H2,1-2H3. The van der Waals surface area contributed by atoms with Crippen LogP contribution in [0.15, 0.2) is 0 Å². The zero-order valence-corrected chi connectivity index (χ0v) is 7.42. The Morgan fingerprint density at radius 2 is 1.73 bits per heavy atom. The van der Waals surface area contributed by atoms with E-state index >= 15 is 0 Å². The maximum absolute atomic E-state index is 10.4. The van der Waals surface area contributed by atoms with Gasteiger partial charge < -0.3 is 9.69 Å². The van der Waals surface area contributed by atoms with Crippen LogP contribution in [0, 0.1) is 5.92 Å². The molecule has 0 aromatic carbocycles. The van der Waals surface area contributed by atoms with Crippen LogP contribution in [0.2, 0.25) is 0 Å². The molecule has 0 spiro atoms. The van der Waals surface area contributed by atoms with E-state index in [4.69, 9.17) is 0 Å². The summed E-state index contributed by atoms with van der Waals surface area (Å²) >= 11 is 0. The molecule has 1 aliphatic rings. The number of nitrogens with zero attached hydrogens (tertiary/aromatic N) is 1. The van der Waals surface area contributed by atoms with Gasteiger partial charge in [-0.15, -0.1) is 0 Å². The quantitative estimate of drug-likeness (QED) is 0.560. The maximum atomic E-state index is 10.4. The van der Waals surface area contributed by atoms with Gasteiger partial charge in [-0.25, -0.2) is 0 Å². The lowest BCUT2D eigenvalue weighted by Gasteiger charge is -2.30. The lowest BCUT2D eigenvalue weighted by atomic mass is 9.86. The van der Waals surface area contributed by atoms with Gasteiger partial charge in [-0.1, -0.05) is 0 Å². The maximum Gasteiger partial charge on any atom is 0.123 e. The van der Waals surface area contributed by atoms with Gasteiger partial charge in [0.15, 0.2) is 0 Å². The first-order valence-electron chi connectivity index (χ1n) is 4.35. The molecule has 0 aromatic rings.